The van der Waals surface area contributed by atoms with Crippen molar-refractivity contribution >= 4 is 21.8 Å². The molecular weight excluding hydrogens is 382 g/mol. The lowest BCUT2D eigenvalue weighted by Gasteiger charge is -2.16. The SMILES string of the molecule is CC(C)c1ccccc1OCCNC(=O)[C@@H](C)Oc1ccc(Br)cc1. The van der Waals surface area contributed by atoms with E-state index in [1.807, 2.05) is 42.5 Å². The molecule has 0 bridgehead atoms. The molecule has 0 saturated heterocycles. The van der Waals surface area contributed by atoms with Crippen molar-refractivity contribution < 1.29 is 14.3 Å². The zero-order valence-electron chi connectivity index (χ0n) is 14.8. The fraction of sp³-hybridized carbons (Fsp3) is 0.350. The van der Waals surface area contributed by atoms with Gasteiger partial charge in [-0.05, 0) is 48.7 Å². The number of amides is 1. The molecule has 0 radical (unpaired) electrons. The van der Waals surface area contributed by atoms with Crippen molar-refractivity contribution in [3.05, 3.63) is 58.6 Å². The average Bonchev–Trinajstić information content (AvgIpc) is 2.60. The van der Waals surface area contributed by atoms with Crippen LogP contribution in [-0.2, 0) is 4.79 Å². The van der Waals surface area contributed by atoms with Crippen molar-refractivity contribution in [2.24, 2.45) is 0 Å². The summed E-state index contributed by atoms with van der Waals surface area (Å²) in [6.07, 6.45) is -0.566. The number of carbonyl (C=O) groups excluding carboxylic acids is 1. The molecule has 4 nitrogen and oxygen atoms in total. The first kappa shape index (κ1) is 19.3. The molecular formula is C20H24BrNO3. The lowest BCUT2D eigenvalue weighted by molar-refractivity contribution is -0.127. The second-order valence-electron chi connectivity index (χ2n) is 6.05. The number of halogens is 1. The van der Waals surface area contributed by atoms with Crippen LogP contribution in [0.25, 0.3) is 0 Å². The van der Waals surface area contributed by atoms with Crippen LogP contribution in [0.15, 0.2) is 53.0 Å². The van der Waals surface area contributed by atoms with E-state index in [1.54, 1.807) is 6.92 Å². The summed E-state index contributed by atoms with van der Waals surface area (Å²) < 4.78 is 12.4. The van der Waals surface area contributed by atoms with Gasteiger partial charge in [-0.2, -0.15) is 0 Å². The zero-order chi connectivity index (χ0) is 18.2. The Hall–Kier alpha value is -2.01. The van der Waals surface area contributed by atoms with Crippen molar-refractivity contribution in [2.45, 2.75) is 32.8 Å². The van der Waals surface area contributed by atoms with Gasteiger partial charge in [-0.25, -0.2) is 0 Å². The molecule has 0 spiro atoms. The molecule has 1 amide bonds. The number of hydrogen-bond donors (Lipinski definition) is 1. The number of carbonyl (C=O) groups is 1. The number of benzene rings is 2. The van der Waals surface area contributed by atoms with Gasteiger partial charge < -0.3 is 14.8 Å². The lowest BCUT2D eigenvalue weighted by Crippen LogP contribution is -2.38. The largest absolute Gasteiger partial charge is 0.491 e. The van der Waals surface area contributed by atoms with E-state index in [-0.39, 0.29) is 5.91 Å². The van der Waals surface area contributed by atoms with Gasteiger partial charge in [0.2, 0.25) is 0 Å². The van der Waals surface area contributed by atoms with Crippen LogP contribution in [0.1, 0.15) is 32.3 Å². The second-order valence-corrected chi connectivity index (χ2v) is 6.96. The maximum Gasteiger partial charge on any atom is 0.260 e. The number of rotatable bonds is 8. The number of ether oxygens (including phenoxy) is 2. The number of nitrogens with one attached hydrogen (secondary N) is 1. The monoisotopic (exact) mass is 405 g/mol. The minimum atomic E-state index is -0.566. The van der Waals surface area contributed by atoms with E-state index in [4.69, 9.17) is 9.47 Å². The van der Waals surface area contributed by atoms with Crippen molar-refractivity contribution in [1.82, 2.24) is 5.32 Å². The maximum atomic E-state index is 12.1. The molecule has 2 aromatic carbocycles. The molecule has 0 aliphatic heterocycles. The highest BCUT2D eigenvalue weighted by molar-refractivity contribution is 9.10. The average molecular weight is 406 g/mol. The molecule has 0 fully saturated rings. The van der Waals surface area contributed by atoms with E-state index in [0.29, 0.717) is 24.8 Å². The molecule has 0 aromatic heterocycles. The van der Waals surface area contributed by atoms with Crippen molar-refractivity contribution in [3.8, 4) is 11.5 Å². The Morgan fingerprint density at radius 2 is 1.76 bits per heavy atom. The molecule has 0 aliphatic rings. The van der Waals surface area contributed by atoms with Crippen molar-refractivity contribution in [3.63, 3.8) is 0 Å². The molecule has 25 heavy (non-hydrogen) atoms. The van der Waals surface area contributed by atoms with E-state index in [9.17, 15) is 4.79 Å². The van der Waals surface area contributed by atoms with Crippen LogP contribution < -0.4 is 14.8 Å². The Balaban J connectivity index is 1.76. The first-order valence-corrected chi connectivity index (χ1v) is 9.18. The summed E-state index contributed by atoms with van der Waals surface area (Å²) in [5.41, 5.74) is 1.17. The summed E-state index contributed by atoms with van der Waals surface area (Å²) in [6, 6.07) is 15.4. The van der Waals surface area contributed by atoms with E-state index >= 15 is 0 Å². The molecule has 1 N–H and O–H groups in total. The van der Waals surface area contributed by atoms with Crippen molar-refractivity contribution in [2.75, 3.05) is 13.2 Å². The normalized spacial score (nSPS) is 11.9. The highest BCUT2D eigenvalue weighted by Crippen LogP contribution is 2.25. The van der Waals surface area contributed by atoms with Crippen LogP contribution in [-0.4, -0.2) is 25.2 Å². The Labute approximate surface area is 157 Å². The Morgan fingerprint density at radius 3 is 2.44 bits per heavy atom. The highest BCUT2D eigenvalue weighted by Gasteiger charge is 2.14. The van der Waals surface area contributed by atoms with E-state index in [1.165, 1.54) is 5.56 Å². The molecule has 0 saturated carbocycles. The van der Waals surface area contributed by atoms with Crippen LogP contribution in [0.3, 0.4) is 0 Å². The summed E-state index contributed by atoms with van der Waals surface area (Å²) in [5, 5.41) is 2.83. The van der Waals surface area contributed by atoms with Gasteiger partial charge in [-0.3, -0.25) is 4.79 Å². The Bertz CT molecular complexity index is 686. The van der Waals surface area contributed by atoms with Gasteiger partial charge in [0.15, 0.2) is 6.10 Å². The van der Waals surface area contributed by atoms with E-state index in [0.717, 1.165) is 10.2 Å². The summed E-state index contributed by atoms with van der Waals surface area (Å²) in [5.74, 6) is 1.76. The molecule has 134 valence electrons. The third kappa shape index (κ3) is 6.09. The zero-order valence-corrected chi connectivity index (χ0v) is 16.4. The quantitative estimate of drug-likeness (QED) is 0.655. The topological polar surface area (TPSA) is 47.6 Å². The molecule has 1 atom stereocenters. The second kappa shape index (κ2) is 9.47. The maximum absolute atomic E-state index is 12.1. The van der Waals surface area contributed by atoms with Gasteiger partial charge in [0.25, 0.3) is 5.91 Å². The van der Waals surface area contributed by atoms with Crippen LogP contribution in [0.5, 0.6) is 11.5 Å². The minimum absolute atomic E-state index is 0.163. The van der Waals surface area contributed by atoms with Gasteiger partial charge in [-0.1, -0.05) is 48.0 Å². The lowest BCUT2D eigenvalue weighted by atomic mass is 10.0. The third-order valence-corrected chi connectivity index (χ3v) is 4.22. The predicted molar refractivity (Wildman–Crippen MR) is 103 cm³/mol. The van der Waals surface area contributed by atoms with Gasteiger partial charge in [0.1, 0.15) is 18.1 Å². The van der Waals surface area contributed by atoms with Crippen molar-refractivity contribution in [1.29, 1.82) is 0 Å². The molecule has 2 aromatic rings. The van der Waals surface area contributed by atoms with E-state index < -0.39 is 6.10 Å². The van der Waals surface area contributed by atoms with Crippen LogP contribution in [0.4, 0.5) is 0 Å². The van der Waals surface area contributed by atoms with E-state index in [2.05, 4.69) is 41.2 Å². The first-order chi connectivity index (χ1) is 12.0. The Kier molecular flexibility index (Phi) is 7.31. The molecule has 2 rings (SSSR count). The van der Waals surface area contributed by atoms with Crippen LogP contribution in [0.2, 0.25) is 0 Å². The predicted octanol–water partition coefficient (Wildman–Crippen LogP) is 4.54. The first-order valence-electron chi connectivity index (χ1n) is 8.39. The summed E-state index contributed by atoms with van der Waals surface area (Å²) >= 11 is 3.37. The van der Waals surface area contributed by atoms with Gasteiger partial charge >= 0.3 is 0 Å². The number of hydrogen-bond acceptors (Lipinski definition) is 3. The Morgan fingerprint density at radius 1 is 1.08 bits per heavy atom. The van der Waals surface area contributed by atoms with Crippen LogP contribution in [0, 0.1) is 0 Å². The van der Waals surface area contributed by atoms with Gasteiger partial charge in [0, 0.05) is 4.47 Å². The smallest absolute Gasteiger partial charge is 0.260 e. The number of para-hydroxylation sites is 1. The minimum Gasteiger partial charge on any atom is -0.491 e. The standard InChI is InChI=1S/C20H24BrNO3/c1-14(2)18-6-4-5-7-19(18)24-13-12-22-20(23)15(3)25-17-10-8-16(21)9-11-17/h4-11,14-15H,12-13H2,1-3H3,(H,22,23)/t15-/m1/s1. The molecule has 5 heteroatoms. The molecule has 0 unspecified atom stereocenters. The third-order valence-electron chi connectivity index (χ3n) is 3.70. The van der Waals surface area contributed by atoms with Gasteiger partial charge in [0.05, 0.1) is 6.54 Å². The van der Waals surface area contributed by atoms with Crippen LogP contribution >= 0.6 is 15.9 Å². The summed E-state index contributed by atoms with van der Waals surface area (Å²) in [7, 11) is 0. The molecule has 0 aliphatic carbocycles. The molecule has 0 heterocycles. The fourth-order valence-electron chi connectivity index (χ4n) is 2.34. The summed E-state index contributed by atoms with van der Waals surface area (Å²) in [4.78, 5) is 12.1. The summed E-state index contributed by atoms with van der Waals surface area (Å²) in [6.45, 7) is 6.84. The highest BCUT2D eigenvalue weighted by atomic mass is 79.9. The fourth-order valence-corrected chi connectivity index (χ4v) is 2.60. The van der Waals surface area contributed by atoms with Gasteiger partial charge in [-0.15, -0.1) is 0 Å².